The summed E-state index contributed by atoms with van der Waals surface area (Å²) in [6.45, 7) is 0. The first-order valence-electron chi connectivity index (χ1n) is 3.69. The summed E-state index contributed by atoms with van der Waals surface area (Å²) in [5, 5.41) is 43.3. The smallest absolute Gasteiger partial charge is 0.409 e. The highest BCUT2D eigenvalue weighted by Crippen LogP contribution is 2.20. The molecule has 0 heterocycles. The van der Waals surface area contributed by atoms with Crippen LogP contribution >= 0.6 is 0 Å². The molecule has 6 nitrogen and oxygen atoms in total. The Morgan fingerprint density at radius 2 is 1.36 bits per heavy atom. The van der Waals surface area contributed by atoms with E-state index in [1.54, 1.807) is 6.07 Å². The van der Waals surface area contributed by atoms with E-state index in [9.17, 15) is 0 Å². The van der Waals surface area contributed by atoms with Gasteiger partial charge in [0.25, 0.3) is 0 Å². The van der Waals surface area contributed by atoms with Crippen LogP contribution in [-0.2, 0) is 0 Å². The number of hydrogen-bond acceptors (Lipinski definition) is 6. The monoisotopic (exact) mass is 202 g/mol. The highest BCUT2D eigenvalue weighted by atomic mass is 16.8. The Morgan fingerprint density at radius 1 is 0.857 bits per heavy atom. The lowest BCUT2D eigenvalue weighted by Gasteiger charge is -2.29. The minimum Gasteiger partial charge on any atom is -0.433 e. The number of benzene rings is 1. The van der Waals surface area contributed by atoms with Gasteiger partial charge in [0.1, 0.15) is 5.75 Å². The van der Waals surface area contributed by atoms with E-state index >= 15 is 0 Å². The van der Waals surface area contributed by atoms with E-state index < -0.39 is 11.9 Å². The topological polar surface area (TPSA) is 110 Å². The lowest BCUT2D eigenvalue weighted by Crippen LogP contribution is -2.58. The molecule has 0 bridgehead atoms. The van der Waals surface area contributed by atoms with Gasteiger partial charge < -0.3 is 30.3 Å². The van der Waals surface area contributed by atoms with Crippen LogP contribution in [0.15, 0.2) is 30.3 Å². The lowest BCUT2D eigenvalue weighted by molar-refractivity contribution is -0.502. The Bertz CT molecular complexity index is 288. The van der Waals surface area contributed by atoms with Crippen LogP contribution < -0.4 is 4.74 Å². The number of para-hydroxylation sites is 1. The molecule has 0 saturated carbocycles. The van der Waals surface area contributed by atoms with Crippen molar-refractivity contribution in [3.05, 3.63) is 30.3 Å². The SMILES string of the molecule is OC(O)(O)C(O)(O)Oc1ccccc1. The first kappa shape index (κ1) is 10.9. The average Bonchev–Trinajstić information content (AvgIpc) is 2.03. The number of hydrogen-bond donors (Lipinski definition) is 5. The maximum atomic E-state index is 8.89. The molecule has 78 valence electrons. The standard InChI is InChI=1S/C8H10O6/c9-7(10,11)8(12,13)14-6-4-2-1-3-5-6/h1-5,9-13H. The van der Waals surface area contributed by atoms with Crippen LogP contribution in [0.3, 0.4) is 0 Å². The van der Waals surface area contributed by atoms with E-state index in [1.807, 2.05) is 0 Å². The normalized spacial score (nSPS) is 12.6. The van der Waals surface area contributed by atoms with Crippen LogP contribution in [-0.4, -0.2) is 37.5 Å². The second-order valence-corrected chi connectivity index (χ2v) is 2.66. The van der Waals surface area contributed by atoms with Crippen molar-refractivity contribution in [2.75, 3.05) is 0 Å². The van der Waals surface area contributed by atoms with Gasteiger partial charge in [0.15, 0.2) is 0 Å². The highest BCUT2D eigenvalue weighted by molar-refractivity contribution is 5.21. The van der Waals surface area contributed by atoms with Crippen LogP contribution in [0, 0.1) is 0 Å². The van der Waals surface area contributed by atoms with Gasteiger partial charge in [-0.15, -0.1) is 0 Å². The van der Waals surface area contributed by atoms with E-state index in [4.69, 9.17) is 25.5 Å². The van der Waals surface area contributed by atoms with Gasteiger partial charge in [0.05, 0.1) is 0 Å². The third-order valence-corrected chi connectivity index (χ3v) is 1.44. The van der Waals surface area contributed by atoms with Crippen molar-refractivity contribution in [1.29, 1.82) is 0 Å². The zero-order valence-corrected chi connectivity index (χ0v) is 7.03. The molecular formula is C8H10O6. The van der Waals surface area contributed by atoms with E-state index in [2.05, 4.69) is 4.74 Å². The Labute approximate surface area is 79.2 Å². The van der Waals surface area contributed by atoms with Crippen LogP contribution in [0.5, 0.6) is 5.75 Å². The molecular weight excluding hydrogens is 192 g/mol. The van der Waals surface area contributed by atoms with Gasteiger partial charge in [-0.1, -0.05) is 18.2 Å². The third kappa shape index (κ3) is 2.41. The lowest BCUT2D eigenvalue weighted by atomic mass is 10.3. The largest absolute Gasteiger partial charge is 0.433 e. The van der Waals surface area contributed by atoms with Gasteiger partial charge >= 0.3 is 11.9 Å². The summed E-state index contributed by atoms with van der Waals surface area (Å²) in [6, 6.07) is 7.38. The van der Waals surface area contributed by atoms with E-state index in [0.717, 1.165) is 0 Å². The molecule has 0 aliphatic carbocycles. The first-order valence-corrected chi connectivity index (χ1v) is 3.69. The Morgan fingerprint density at radius 3 is 1.79 bits per heavy atom. The van der Waals surface area contributed by atoms with Gasteiger partial charge in [0, 0.05) is 0 Å². The average molecular weight is 202 g/mol. The van der Waals surface area contributed by atoms with Crippen LogP contribution in [0.1, 0.15) is 0 Å². The first-order chi connectivity index (χ1) is 6.33. The number of ether oxygens (including phenoxy) is 1. The van der Waals surface area contributed by atoms with Gasteiger partial charge in [-0.3, -0.25) is 0 Å². The van der Waals surface area contributed by atoms with Gasteiger partial charge in [-0.25, -0.2) is 0 Å². The molecule has 0 saturated heterocycles. The second kappa shape index (κ2) is 3.52. The zero-order valence-electron chi connectivity index (χ0n) is 7.03. The molecule has 0 aromatic heterocycles. The molecule has 0 atom stereocenters. The fourth-order valence-corrected chi connectivity index (χ4v) is 0.721. The van der Waals surface area contributed by atoms with E-state index in [0.29, 0.717) is 0 Å². The molecule has 0 amide bonds. The molecule has 0 aliphatic heterocycles. The van der Waals surface area contributed by atoms with Crippen molar-refractivity contribution in [3.63, 3.8) is 0 Å². The Hall–Kier alpha value is -1.18. The summed E-state index contributed by atoms with van der Waals surface area (Å²) in [4.78, 5) is 0. The summed E-state index contributed by atoms with van der Waals surface area (Å²) >= 11 is 0. The third-order valence-electron chi connectivity index (χ3n) is 1.44. The predicted octanol–water partition coefficient (Wildman–Crippen LogP) is -1.67. The Kier molecular flexibility index (Phi) is 2.74. The van der Waals surface area contributed by atoms with Crippen LogP contribution in [0.4, 0.5) is 0 Å². The number of rotatable bonds is 3. The fraction of sp³-hybridized carbons (Fsp3) is 0.250. The second-order valence-electron chi connectivity index (χ2n) is 2.66. The molecule has 0 spiro atoms. The van der Waals surface area contributed by atoms with Gasteiger partial charge in [0.2, 0.25) is 0 Å². The minimum atomic E-state index is -3.76. The van der Waals surface area contributed by atoms with Crippen molar-refractivity contribution in [2.45, 2.75) is 11.9 Å². The molecule has 1 aromatic carbocycles. The van der Waals surface area contributed by atoms with Crippen molar-refractivity contribution in [3.8, 4) is 5.75 Å². The predicted molar refractivity (Wildman–Crippen MR) is 43.6 cm³/mol. The van der Waals surface area contributed by atoms with Gasteiger partial charge in [-0.2, -0.15) is 0 Å². The van der Waals surface area contributed by atoms with Crippen LogP contribution in [0.25, 0.3) is 0 Å². The van der Waals surface area contributed by atoms with Crippen molar-refractivity contribution < 1.29 is 30.3 Å². The minimum absolute atomic E-state index is 0.0426. The quantitative estimate of drug-likeness (QED) is 0.375. The van der Waals surface area contributed by atoms with Gasteiger partial charge in [-0.05, 0) is 12.1 Å². The molecule has 1 aromatic rings. The maximum Gasteiger partial charge on any atom is 0.409 e. The van der Waals surface area contributed by atoms with Crippen LogP contribution in [0.2, 0.25) is 0 Å². The summed E-state index contributed by atoms with van der Waals surface area (Å²) in [7, 11) is 0. The summed E-state index contributed by atoms with van der Waals surface area (Å²) in [5.41, 5.74) is 0. The number of aliphatic hydroxyl groups is 5. The zero-order chi connectivity index (χ0) is 10.8. The summed E-state index contributed by atoms with van der Waals surface area (Å²) in [5.74, 6) is -7.30. The molecule has 1 rings (SSSR count). The van der Waals surface area contributed by atoms with Crippen molar-refractivity contribution >= 4 is 0 Å². The van der Waals surface area contributed by atoms with Crippen molar-refractivity contribution in [1.82, 2.24) is 0 Å². The molecule has 0 fully saturated rings. The maximum absolute atomic E-state index is 8.89. The summed E-state index contributed by atoms with van der Waals surface area (Å²) < 4.78 is 4.33. The van der Waals surface area contributed by atoms with E-state index in [-0.39, 0.29) is 5.75 Å². The molecule has 0 radical (unpaired) electrons. The molecule has 5 N–H and O–H groups in total. The molecule has 0 unspecified atom stereocenters. The summed E-state index contributed by atoms with van der Waals surface area (Å²) in [6.07, 6.45) is 0. The fourth-order valence-electron chi connectivity index (χ4n) is 0.721. The van der Waals surface area contributed by atoms with E-state index in [1.165, 1.54) is 24.3 Å². The highest BCUT2D eigenvalue weighted by Gasteiger charge is 2.50. The van der Waals surface area contributed by atoms with Crippen molar-refractivity contribution in [2.24, 2.45) is 0 Å². The molecule has 0 aliphatic rings. The molecule has 14 heavy (non-hydrogen) atoms. The molecule has 6 heteroatoms. The Balaban J connectivity index is 2.79.